The van der Waals surface area contributed by atoms with E-state index in [0.29, 0.717) is 0 Å². The quantitative estimate of drug-likeness (QED) is 0.458. The van der Waals surface area contributed by atoms with Gasteiger partial charge in [-0.15, -0.1) is 0 Å². The molecule has 0 unspecified atom stereocenters. The van der Waals surface area contributed by atoms with Crippen molar-refractivity contribution in [3.63, 3.8) is 0 Å². The molecule has 0 saturated heterocycles. The van der Waals surface area contributed by atoms with Crippen molar-refractivity contribution < 1.29 is 0 Å². The summed E-state index contributed by atoms with van der Waals surface area (Å²) in [6.07, 6.45) is 0. The third kappa shape index (κ3) is 3.60. The summed E-state index contributed by atoms with van der Waals surface area (Å²) in [4.78, 5) is 2.08. The second-order valence-electron chi connectivity index (χ2n) is 2.23. The molecule has 0 aromatic heterocycles. The van der Waals surface area contributed by atoms with Gasteiger partial charge in [0.1, 0.15) is 0 Å². The Morgan fingerprint density at radius 3 is 1.73 bits per heavy atom. The molecule has 1 aromatic carbocycles. The Hall–Kier alpha value is -1.06. The van der Waals surface area contributed by atoms with Gasteiger partial charge in [0, 0.05) is 19.8 Å². The lowest BCUT2D eigenvalue weighted by Crippen LogP contribution is -2.07. The van der Waals surface area contributed by atoms with Gasteiger partial charge in [-0.1, -0.05) is 18.2 Å². The van der Waals surface area contributed by atoms with Crippen LogP contribution in [0.5, 0.6) is 0 Å². The van der Waals surface area contributed by atoms with Gasteiger partial charge in [0.25, 0.3) is 0 Å². The Labute approximate surface area is 67.6 Å². The van der Waals surface area contributed by atoms with Crippen LogP contribution >= 0.6 is 0 Å². The monoisotopic (exact) mass is 153 g/mol. The highest BCUT2D eigenvalue weighted by Gasteiger charge is 1.87. The predicted octanol–water partition coefficient (Wildman–Crippen LogP) is 0.571. The average Bonchev–Trinajstić information content (AvgIpc) is 2.10. The predicted molar refractivity (Wildman–Crippen MR) is 49.1 cm³/mol. The number of para-hydroxylation sites is 1. The second-order valence-corrected chi connectivity index (χ2v) is 2.23. The van der Waals surface area contributed by atoms with Crippen molar-refractivity contribution in [3.8, 4) is 0 Å². The highest BCUT2D eigenvalue weighted by atomic mass is 15.1. The number of anilines is 1. The molecule has 0 aliphatic rings. The van der Waals surface area contributed by atoms with Crippen LogP contribution in [0.15, 0.2) is 30.3 Å². The first kappa shape index (κ1) is 9.94. The van der Waals surface area contributed by atoms with E-state index in [1.54, 1.807) is 0 Å². The molecule has 0 bridgehead atoms. The van der Waals surface area contributed by atoms with Crippen molar-refractivity contribution in [2.24, 2.45) is 11.7 Å². The molecule has 1 rings (SSSR count). The molecule has 0 atom stereocenters. The Morgan fingerprint density at radius 1 is 1.00 bits per heavy atom. The van der Waals surface area contributed by atoms with Gasteiger partial charge in [-0.3, -0.25) is 11.7 Å². The van der Waals surface area contributed by atoms with E-state index in [-0.39, 0.29) is 0 Å². The SMILES string of the molecule is CN(C)c1ccccc1.NN. The first-order valence-electron chi connectivity index (χ1n) is 3.36. The number of nitrogens with two attached hydrogens (primary N) is 2. The number of nitrogens with zero attached hydrogens (tertiary/aromatic N) is 1. The fourth-order valence-corrected chi connectivity index (χ4v) is 0.726. The molecular weight excluding hydrogens is 138 g/mol. The molecule has 0 radical (unpaired) electrons. The van der Waals surface area contributed by atoms with Crippen molar-refractivity contribution in [2.75, 3.05) is 19.0 Å². The molecule has 0 heterocycles. The van der Waals surface area contributed by atoms with Gasteiger partial charge < -0.3 is 4.90 Å². The molecule has 62 valence electrons. The maximum absolute atomic E-state index is 4.00. The second kappa shape index (κ2) is 5.70. The van der Waals surface area contributed by atoms with E-state index in [1.165, 1.54) is 5.69 Å². The topological polar surface area (TPSA) is 55.3 Å². The molecule has 0 aliphatic heterocycles. The minimum Gasteiger partial charge on any atom is -0.378 e. The molecule has 0 saturated carbocycles. The highest BCUT2D eigenvalue weighted by molar-refractivity contribution is 5.43. The Balaban J connectivity index is 0.000000461. The first-order chi connectivity index (χ1) is 5.30. The van der Waals surface area contributed by atoms with Crippen LogP contribution in [0.3, 0.4) is 0 Å². The number of hydrogen-bond acceptors (Lipinski definition) is 3. The van der Waals surface area contributed by atoms with Crippen LogP contribution in [0.4, 0.5) is 5.69 Å². The van der Waals surface area contributed by atoms with Gasteiger partial charge in [-0.2, -0.15) is 0 Å². The van der Waals surface area contributed by atoms with Crippen molar-refractivity contribution in [3.05, 3.63) is 30.3 Å². The Morgan fingerprint density at radius 2 is 1.45 bits per heavy atom. The first-order valence-corrected chi connectivity index (χ1v) is 3.36. The average molecular weight is 153 g/mol. The summed E-state index contributed by atoms with van der Waals surface area (Å²) in [7, 11) is 4.07. The number of hydrazine groups is 1. The van der Waals surface area contributed by atoms with Gasteiger partial charge in [0.2, 0.25) is 0 Å². The largest absolute Gasteiger partial charge is 0.378 e. The fourth-order valence-electron chi connectivity index (χ4n) is 0.726. The van der Waals surface area contributed by atoms with Crippen molar-refractivity contribution >= 4 is 5.69 Å². The van der Waals surface area contributed by atoms with Crippen LogP contribution in [0.1, 0.15) is 0 Å². The Kier molecular flexibility index (Phi) is 5.15. The molecule has 11 heavy (non-hydrogen) atoms. The summed E-state index contributed by atoms with van der Waals surface area (Å²) in [6, 6.07) is 10.3. The molecule has 0 amide bonds. The van der Waals surface area contributed by atoms with E-state index < -0.39 is 0 Å². The summed E-state index contributed by atoms with van der Waals surface area (Å²) >= 11 is 0. The van der Waals surface area contributed by atoms with E-state index in [0.717, 1.165) is 0 Å². The summed E-state index contributed by atoms with van der Waals surface area (Å²) < 4.78 is 0. The zero-order valence-electron chi connectivity index (χ0n) is 6.99. The number of hydrogen-bond donors (Lipinski definition) is 2. The van der Waals surface area contributed by atoms with Gasteiger partial charge >= 0.3 is 0 Å². The standard InChI is InChI=1S/C8H11N.H4N2/c1-9(2)8-6-4-3-5-7-8;1-2/h3-7H,1-2H3;1-2H2. The third-order valence-corrected chi connectivity index (χ3v) is 1.27. The summed E-state index contributed by atoms with van der Waals surface area (Å²) in [5, 5.41) is 0. The minimum atomic E-state index is 1.25. The molecule has 0 aliphatic carbocycles. The van der Waals surface area contributed by atoms with Gasteiger partial charge in [-0.05, 0) is 12.1 Å². The van der Waals surface area contributed by atoms with E-state index in [4.69, 9.17) is 0 Å². The summed E-state index contributed by atoms with van der Waals surface area (Å²) in [5.41, 5.74) is 1.25. The van der Waals surface area contributed by atoms with E-state index in [2.05, 4.69) is 28.7 Å². The summed E-state index contributed by atoms with van der Waals surface area (Å²) in [5.74, 6) is 8.00. The van der Waals surface area contributed by atoms with Crippen LogP contribution in [0, 0.1) is 0 Å². The maximum Gasteiger partial charge on any atom is 0.0360 e. The molecule has 3 nitrogen and oxygen atoms in total. The van der Waals surface area contributed by atoms with Gasteiger partial charge in [-0.25, -0.2) is 0 Å². The maximum atomic E-state index is 4.00. The number of benzene rings is 1. The van der Waals surface area contributed by atoms with Crippen LogP contribution in [-0.2, 0) is 0 Å². The molecule has 0 fully saturated rings. The molecule has 0 spiro atoms. The summed E-state index contributed by atoms with van der Waals surface area (Å²) in [6.45, 7) is 0. The van der Waals surface area contributed by atoms with Crippen molar-refractivity contribution in [2.45, 2.75) is 0 Å². The lowest BCUT2D eigenvalue weighted by atomic mass is 10.3. The fraction of sp³-hybridized carbons (Fsp3) is 0.250. The van der Waals surface area contributed by atoms with E-state index in [1.807, 2.05) is 32.3 Å². The highest BCUT2D eigenvalue weighted by Crippen LogP contribution is 2.07. The number of rotatable bonds is 1. The Bertz CT molecular complexity index is 172. The molecule has 4 N–H and O–H groups in total. The van der Waals surface area contributed by atoms with E-state index >= 15 is 0 Å². The molecule has 3 heteroatoms. The van der Waals surface area contributed by atoms with Gasteiger partial charge in [0.05, 0.1) is 0 Å². The van der Waals surface area contributed by atoms with Crippen molar-refractivity contribution in [1.29, 1.82) is 0 Å². The lowest BCUT2D eigenvalue weighted by molar-refractivity contribution is 1.13. The normalized spacial score (nSPS) is 8.00. The van der Waals surface area contributed by atoms with Crippen molar-refractivity contribution in [1.82, 2.24) is 0 Å². The lowest BCUT2D eigenvalue weighted by Gasteiger charge is -2.10. The van der Waals surface area contributed by atoms with Gasteiger partial charge in [0.15, 0.2) is 0 Å². The molecular formula is C8H15N3. The van der Waals surface area contributed by atoms with Crippen LogP contribution in [0.25, 0.3) is 0 Å². The minimum absolute atomic E-state index is 1.25. The molecule has 1 aromatic rings. The van der Waals surface area contributed by atoms with E-state index in [9.17, 15) is 0 Å². The van der Waals surface area contributed by atoms with Crippen LogP contribution < -0.4 is 16.6 Å². The zero-order valence-corrected chi connectivity index (χ0v) is 6.99. The third-order valence-electron chi connectivity index (χ3n) is 1.27. The zero-order chi connectivity index (χ0) is 8.69. The smallest absolute Gasteiger partial charge is 0.0360 e. The van der Waals surface area contributed by atoms with Crippen LogP contribution in [-0.4, -0.2) is 14.1 Å². The van der Waals surface area contributed by atoms with Crippen LogP contribution in [0.2, 0.25) is 0 Å².